The predicted molar refractivity (Wildman–Crippen MR) is 81.9 cm³/mol. The zero-order valence-electron chi connectivity index (χ0n) is 12.4. The minimum atomic E-state index is -0.421. The Kier molecular flexibility index (Phi) is 9.54. The van der Waals surface area contributed by atoms with Crippen LogP contribution in [0.2, 0.25) is 0 Å². The predicted octanol–water partition coefficient (Wildman–Crippen LogP) is 0.703. The zero-order chi connectivity index (χ0) is 14.3. The number of hydrogen-bond donors (Lipinski definition) is 3. The Morgan fingerprint density at radius 1 is 1.45 bits per heavy atom. The first kappa shape index (κ1) is 19.1. The summed E-state index contributed by atoms with van der Waals surface area (Å²) in [6.45, 7) is 6.66. The third-order valence-electron chi connectivity index (χ3n) is 3.63. The monoisotopic (exact) mass is 306 g/mol. The fraction of sp³-hybridized carbons (Fsp3) is 0.846. The van der Waals surface area contributed by atoms with Crippen LogP contribution >= 0.6 is 12.4 Å². The number of hydrogen-bond acceptors (Lipinski definition) is 4. The number of piperidine rings is 1. The lowest BCUT2D eigenvalue weighted by atomic mass is 9.94. The van der Waals surface area contributed by atoms with Gasteiger partial charge in [0.25, 0.3) is 0 Å². The molecular formula is C13H27ClN4O2. The van der Waals surface area contributed by atoms with Crippen molar-refractivity contribution < 1.29 is 9.59 Å². The van der Waals surface area contributed by atoms with E-state index in [1.807, 2.05) is 13.8 Å². The van der Waals surface area contributed by atoms with Crippen molar-refractivity contribution in [2.75, 3.05) is 26.2 Å². The lowest BCUT2D eigenvalue weighted by Crippen LogP contribution is -2.52. The molecule has 1 aliphatic rings. The number of urea groups is 1. The molecule has 1 heterocycles. The first-order valence-corrected chi connectivity index (χ1v) is 7.11. The van der Waals surface area contributed by atoms with E-state index in [-0.39, 0.29) is 24.4 Å². The normalized spacial score (nSPS) is 20.6. The second-order valence-electron chi connectivity index (χ2n) is 5.11. The molecule has 2 atom stereocenters. The number of halogens is 1. The van der Waals surface area contributed by atoms with Gasteiger partial charge in [0.2, 0.25) is 5.91 Å². The third kappa shape index (κ3) is 6.07. The first-order chi connectivity index (χ1) is 9.08. The Morgan fingerprint density at radius 2 is 2.15 bits per heavy atom. The second kappa shape index (κ2) is 9.96. The van der Waals surface area contributed by atoms with Gasteiger partial charge < -0.3 is 11.1 Å². The van der Waals surface area contributed by atoms with E-state index in [1.165, 1.54) is 6.42 Å². The summed E-state index contributed by atoms with van der Waals surface area (Å²) in [7, 11) is 0. The summed E-state index contributed by atoms with van der Waals surface area (Å²) in [4.78, 5) is 25.4. The largest absolute Gasteiger partial charge is 0.338 e. The fourth-order valence-corrected chi connectivity index (χ4v) is 2.51. The Labute approximate surface area is 127 Å². The highest BCUT2D eigenvalue weighted by molar-refractivity contribution is 5.96. The summed E-state index contributed by atoms with van der Waals surface area (Å²) in [5.74, 6) is 0.331. The first-order valence-electron chi connectivity index (χ1n) is 7.11. The minimum Gasteiger partial charge on any atom is -0.338 e. The van der Waals surface area contributed by atoms with Crippen LogP contribution in [-0.2, 0) is 4.79 Å². The van der Waals surface area contributed by atoms with Gasteiger partial charge in [0, 0.05) is 13.1 Å². The van der Waals surface area contributed by atoms with Crippen molar-refractivity contribution >= 4 is 24.3 Å². The van der Waals surface area contributed by atoms with Gasteiger partial charge in [-0.3, -0.25) is 15.0 Å². The van der Waals surface area contributed by atoms with Crippen molar-refractivity contribution in [2.45, 2.75) is 39.2 Å². The molecule has 0 aliphatic carbocycles. The molecule has 0 aromatic carbocycles. The molecule has 1 rings (SSSR count). The zero-order valence-corrected chi connectivity index (χ0v) is 13.2. The molecule has 7 heteroatoms. The Balaban J connectivity index is 0.00000361. The average molecular weight is 307 g/mol. The van der Waals surface area contributed by atoms with Crippen LogP contribution in [0.4, 0.5) is 4.79 Å². The molecule has 0 radical (unpaired) electrons. The maximum atomic E-state index is 12.0. The second-order valence-corrected chi connectivity index (χ2v) is 5.11. The SMILES string of the molecule is CCNC(=O)NC(=O)C(C)N1CCCC(CCN)C1.Cl. The standard InChI is InChI=1S/C13H26N4O2.ClH/c1-3-15-13(19)16-12(18)10(2)17-8-4-5-11(9-17)6-7-14;/h10-11H,3-9,14H2,1-2H3,(H2,15,16,18,19);1H. The Morgan fingerprint density at radius 3 is 2.75 bits per heavy atom. The lowest BCUT2D eigenvalue weighted by molar-refractivity contribution is -0.125. The van der Waals surface area contributed by atoms with E-state index in [9.17, 15) is 9.59 Å². The molecule has 1 aliphatic heterocycles. The Bertz CT molecular complexity index is 313. The number of rotatable bonds is 5. The van der Waals surface area contributed by atoms with E-state index in [0.29, 0.717) is 19.0 Å². The molecule has 0 bridgehead atoms. The molecule has 0 saturated carbocycles. The van der Waals surface area contributed by atoms with Crippen LogP contribution in [0, 0.1) is 5.92 Å². The van der Waals surface area contributed by atoms with Crippen molar-refractivity contribution in [3.05, 3.63) is 0 Å². The smallest absolute Gasteiger partial charge is 0.321 e. The number of imide groups is 1. The maximum absolute atomic E-state index is 12.0. The highest BCUT2D eigenvalue weighted by atomic mass is 35.5. The number of nitrogens with zero attached hydrogens (tertiary/aromatic N) is 1. The van der Waals surface area contributed by atoms with Gasteiger partial charge in [0.05, 0.1) is 6.04 Å². The van der Waals surface area contributed by atoms with Crippen molar-refractivity contribution in [3.63, 3.8) is 0 Å². The van der Waals surface area contributed by atoms with Crippen LogP contribution < -0.4 is 16.4 Å². The topological polar surface area (TPSA) is 87.5 Å². The molecular weight excluding hydrogens is 280 g/mol. The van der Waals surface area contributed by atoms with Gasteiger partial charge in [0.1, 0.15) is 0 Å². The Hall–Kier alpha value is -0.850. The number of likely N-dealkylation sites (tertiary alicyclic amines) is 1. The fourth-order valence-electron chi connectivity index (χ4n) is 2.51. The molecule has 1 saturated heterocycles. The average Bonchev–Trinajstić information content (AvgIpc) is 2.38. The molecule has 4 N–H and O–H groups in total. The van der Waals surface area contributed by atoms with E-state index in [1.54, 1.807) is 0 Å². The highest BCUT2D eigenvalue weighted by Gasteiger charge is 2.27. The highest BCUT2D eigenvalue weighted by Crippen LogP contribution is 2.20. The third-order valence-corrected chi connectivity index (χ3v) is 3.63. The van der Waals surface area contributed by atoms with Gasteiger partial charge in [-0.05, 0) is 52.1 Å². The lowest BCUT2D eigenvalue weighted by Gasteiger charge is -2.35. The molecule has 6 nitrogen and oxygen atoms in total. The number of amides is 3. The number of nitrogens with one attached hydrogen (secondary N) is 2. The summed E-state index contributed by atoms with van der Waals surface area (Å²) < 4.78 is 0. The van der Waals surface area contributed by atoms with Gasteiger partial charge in [-0.2, -0.15) is 0 Å². The van der Waals surface area contributed by atoms with Crippen molar-refractivity contribution in [1.82, 2.24) is 15.5 Å². The van der Waals surface area contributed by atoms with Crippen molar-refractivity contribution in [3.8, 4) is 0 Å². The number of nitrogens with two attached hydrogens (primary N) is 1. The van der Waals surface area contributed by atoms with Crippen LogP contribution in [0.25, 0.3) is 0 Å². The summed E-state index contributed by atoms with van der Waals surface area (Å²) >= 11 is 0. The van der Waals surface area contributed by atoms with Crippen molar-refractivity contribution in [1.29, 1.82) is 0 Å². The van der Waals surface area contributed by atoms with Gasteiger partial charge in [-0.25, -0.2) is 4.79 Å². The van der Waals surface area contributed by atoms with Crippen molar-refractivity contribution in [2.24, 2.45) is 11.7 Å². The molecule has 20 heavy (non-hydrogen) atoms. The summed E-state index contributed by atoms with van der Waals surface area (Å²) in [6, 6.07) is -0.696. The molecule has 3 amide bonds. The molecule has 0 aromatic heterocycles. The molecule has 0 spiro atoms. The van der Waals surface area contributed by atoms with Crippen LogP contribution in [0.1, 0.15) is 33.1 Å². The van der Waals surface area contributed by atoms with Crippen LogP contribution in [0.3, 0.4) is 0 Å². The van der Waals surface area contributed by atoms with E-state index in [2.05, 4.69) is 15.5 Å². The number of carbonyl (C=O) groups excluding carboxylic acids is 2. The number of carbonyl (C=O) groups is 2. The summed E-state index contributed by atoms with van der Waals surface area (Å²) in [5, 5.41) is 4.93. The van der Waals surface area contributed by atoms with Crippen LogP contribution in [-0.4, -0.2) is 49.1 Å². The quantitative estimate of drug-likeness (QED) is 0.698. The van der Waals surface area contributed by atoms with Gasteiger partial charge in [0.15, 0.2) is 0 Å². The van der Waals surface area contributed by atoms with Crippen LogP contribution in [0.15, 0.2) is 0 Å². The van der Waals surface area contributed by atoms with E-state index in [4.69, 9.17) is 5.73 Å². The molecule has 1 fully saturated rings. The van der Waals surface area contributed by atoms with E-state index < -0.39 is 6.03 Å². The van der Waals surface area contributed by atoms with Gasteiger partial charge >= 0.3 is 6.03 Å². The van der Waals surface area contributed by atoms with E-state index >= 15 is 0 Å². The maximum Gasteiger partial charge on any atom is 0.321 e. The summed E-state index contributed by atoms with van der Waals surface area (Å²) in [6.07, 6.45) is 3.27. The van der Waals surface area contributed by atoms with Crippen LogP contribution in [0.5, 0.6) is 0 Å². The summed E-state index contributed by atoms with van der Waals surface area (Å²) in [5.41, 5.74) is 5.59. The minimum absolute atomic E-state index is 0. The van der Waals surface area contributed by atoms with E-state index in [0.717, 1.165) is 25.9 Å². The van der Waals surface area contributed by atoms with Gasteiger partial charge in [-0.1, -0.05) is 0 Å². The molecule has 0 aromatic rings. The molecule has 2 unspecified atom stereocenters. The van der Waals surface area contributed by atoms with Gasteiger partial charge in [-0.15, -0.1) is 12.4 Å². The molecule has 118 valence electrons.